The van der Waals surface area contributed by atoms with E-state index in [2.05, 4.69) is 25.7 Å². The van der Waals surface area contributed by atoms with Crippen molar-refractivity contribution < 1.29 is 9.59 Å². The van der Waals surface area contributed by atoms with E-state index in [0.29, 0.717) is 18.2 Å². The van der Waals surface area contributed by atoms with E-state index >= 15 is 0 Å². The monoisotopic (exact) mass is 479 g/mol. The highest BCUT2D eigenvalue weighted by molar-refractivity contribution is 7.99. The maximum absolute atomic E-state index is 12.5. The first-order valence-corrected chi connectivity index (χ1v) is 12.2. The van der Waals surface area contributed by atoms with Crippen LogP contribution in [0, 0.1) is 5.41 Å². The summed E-state index contributed by atoms with van der Waals surface area (Å²) in [6.45, 7) is 8.89. The summed E-state index contributed by atoms with van der Waals surface area (Å²) in [5.74, 6) is 0.259. The maximum atomic E-state index is 12.5. The number of hydrogen-bond donors (Lipinski definition) is 1. The largest absolute Gasteiger partial charge is 0.368 e. The molecule has 3 aromatic rings. The Hall–Kier alpha value is -3.40. The van der Waals surface area contributed by atoms with Gasteiger partial charge in [-0.15, -0.1) is 5.10 Å². The minimum absolute atomic E-state index is 0.130. The number of thioether (sulfide) groups is 1. The number of benzene rings is 2. The molecule has 0 spiro atoms. The molecule has 2 heterocycles. The van der Waals surface area contributed by atoms with Gasteiger partial charge in [-0.2, -0.15) is 4.68 Å². The number of nitrogens with zero attached hydrogens (tertiary/aromatic N) is 6. The smallest absolute Gasteiger partial charge is 0.234 e. The number of anilines is 2. The van der Waals surface area contributed by atoms with Crippen LogP contribution in [0.5, 0.6) is 0 Å². The van der Waals surface area contributed by atoms with Gasteiger partial charge in [0.2, 0.25) is 17.0 Å². The lowest BCUT2D eigenvalue weighted by Crippen LogP contribution is -2.51. The molecule has 0 radical (unpaired) electrons. The van der Waals surface area contributed by atoms with Crippen LogP contribution in [0.2, 0.25) is 0 Å². The number of amides is 2. The lowest BCUT2D eigenvalue weighted by Gasteiger charge is -2.38. The minimum Gasteiger partial charge on any atom is -0.368 e. The molecular weight excluding hydrogens is 450 g/mol. The zero-order valence-corrected chi connectivity index (χ0v) is 20.5. The molecule has 2 amide bonds. The summed E-state index contributed by atoms with van der Waals surface area (Å²) in [5, 5.41) is 15.2. The van der Waals surface area contributed by atoms with E-state index < -0.39 is 0 Å². The van der Waals surface area contributed by atoms with Gasteiger partial charge >= 0.3 is 0 Å². The van der Waals surface area contributed by atoms with Crippen molar-refractivity contribution in [3.8, 4) is 5.69 Å². The molecule has 1 aromatic heterocycles. The number of para-hydroxylation sites is 1. The first-order valence-electron chi connectivity index (χ1n) is 11.2. The number of rotatable bonds is 6. The average Bonchev–Trinajstić information content (AvgIpc) is 3.32. The molecule has 10 heteroatoms. The van der Waals surface area contributed by atoms with E-state index in [1.165, 1.54) is 11.8 Å². The SMILES string of the molecule is CC(C)(C)C(=O)N1CCN(c2ccc(NC(=O)CSc3nnnn3-c3ccccc3)cc2)CC1. The second kappa shape index (κ2) is 10.3. The molecule has 0 aliphatic carbocycles. The summed E-state index contributed by atoms with van der Waals surface area (Å²) < 4.78 is 1.61. The van der Waals surface area contributed by atoms with Gasteiger partial charge in [0.1, 0.15) is 0 Å². The fraction of sp³-hybridized carbons (Fsp3) is 0.375. The van der Waals surface area contributed by atoms with Crippen molar-refractivity contribution in [1.82, 2.24) is 25.1 Å². The molecule has 1 aliphatic rings. The molecule has 9 nitrogen and oxygen atoms in total. The Bertz CT molecular complexity index is 1120. The predicted octanol–water partition coefficient (Wildman–Crippen LogP) is 3.09. The molecule has 0 atom stereocenters. The van der Waals surface area contributed by atoms with Crippen molar-refractivity contribution in [2.24, 2.45) is 5.41 Å². The van der Waals surface area contributed by atoms with E-state index in [0.717, 1.165) is 30.2 Å². The van der Waals surface area contributed by atoms with Crippen LogP contribution in [-0.2, 0) is 9.59 Å². The molecule has 0 saturated carbocycles. The lowest BCUT2D eigenvalue weighted by molar-refractivity contribution is -0.139. The summed E-state index contributed by atoms with van der Waals surface area (Å²) in [4.78, 5) is 29.2. The van der Waals surface area contributed by atoms with Crippen LogP contribution in [-0.4, -0.2) is 68.9 Å². The van der Waals surface area contributed by atoms with Gasteiger partial charge in [-0.05, 0) is 46.8 Å². The summed E-state index contributed by atoms with van der Waals surface area (Å²) in [7, 11) is 0. The number of tetrazole rings is 1. The van der Waals surface area contributed by atoms with Crippen LogP contribution >= 0.6 is 11.8 Å². The van der Waals surface area contributed by atoms with Crippen LogP contribution in [0.4, 0.5) is 11.4 Å². The number of carbonyl (C=O) groups excluding carboxylic acids is 2. The van der Waals surface area contributed by atoms with Gasteiger partial charge in [-0.25, -0.2) is 0 Å². The van der Waals surface area contributed by atoms with E-state index in [1.54, 1.807) is 4.68 Å². The van der Waals surface area contributed by atoms with Crippen LogP contribution < -0.4 is 10.2 Å². The molecule has 1 fully saturated rings. The highest BCUT2D eigenvalue weighted by Crippen LogP contribution is 2.23. The molecule has 0 unspecified atom stereocenters. The van der Waals surface area contributed by atoms with Crippen molar-refractivity contribution in [2.45, 2.75) is 25.9 Å². The van der Waals surface area contributed by atoms with Crippen molar-refractivity contribution in [3.05, 3.63) is 54.6 Å². The first-order chi connectivity index (χ1) is 16.3. The number of nitrogens with one attached hydrogen (secondary N) is 1. The lowest BCUT2D eigenvalue weighted by atomic mass is 9.94. The number of aromatic nitrogens is 4. The molecule has 34 heavy (non-hydrogen) atoms. The normalized spacial score (nSPS) is 14.2. The molecule has 4 rings (SSSR count). The van der Waals surface area contributed by atoms with Crippen LogP contribution in [0.25, 0.3) is 5.69 Å². The maximum Gasteiger partial charge on any atom is 0.234 e. The first kappa shape index (κ1) is 23.7. The van der Waals surface area contributed by atoms with Gasteiger partial charge in [-0.1, -0.05) is 50.7 Å². The number of hydrogen-bond acceptors (Lipinski definition) is 7. The predicted molar refractivity (Wildman–Crippen MR) is 133 cm³/mol. The highest BCUT2D eigenvalue weighted by Gasteiger charge is 2.29. The summed E-state index contributed by atoms with van der Waals surface area (Å²) >= 11 is 1.28. The fourth-order valence-electron chi connectivity index (χ4n) is 3.72. The van der Waals surface area contributed by atoms with E-state index in [4.69, 9.17) is 0 Å². The van der Waals surface area contributed by atoms with Crippen molar-refractivity contribution in [1.29, 1.82) is 0 Å². The third-order valence-electron chi connectivity index (χ3n) is 5.50. The molecule has 1 saturated heterocycles. The van der Waals surface area contributed by atoms with Gasteiger partial charge < -0.3 is 15.1 Å². The summed E-state index contributed by atoms with van der Waals surface area (Å²) in [6, 6.07) is 17.4. The van der Waals surface area contributed by atoms with Crippen molar-refractivity contribution in [3.63, 3.8) is 0 Å². The van der Waals surface area contributed by atoms with Crippen molar-refractivity contribution in [2.75, 3.05) is 42.1 Å². The quantitative estimate of drug-likeness (QED) is 0.543. The topological polar surface area (TPSA) is 96.2 Å². The zero-order chi connectivity index (χ0) is 24.1. The van der Waals surface area contributed by atoms with Gasteiger partial charge in [0.15, 0.2) is 0 Å². The Balaban J connectivity index is 1.27. The Labute approximate surface area is 203 Å². The Kier molecular flexibility index (Phi) is 7.16. The molecule has 1 N–H and O–H groups in total. The second-order valence-corrected chi connectivity index (χ2v) is 10.1. The van der Waals surface area contributed by atoms with Crippen LogP contribution in [0.3, 0.4) is 0 Å². The van der Waals surface area contributed by atoms with Gasteiger partial charge in [-0.3, -0.25) is 9.59 Å². The van der Waals surface area contributed by atoms with Gasteiger partial charge in [0, 0.05) is 43.0 Å². The Morgan fingerprint density at radius 3 is 2.26 bits per heavy atom. The molecule has 178 valence electrons. The number of piperazine rings is 1. The van der Waals surface area contributed by atoms with E-state index in [1.807, 2.05) is 80.3 Å². The Morgan fingerprint density at radius 1 is 0.941 bits per heavy atom. The third-order valence-corrected chi connectivity index (χ3v) is 6.42. The van der Waals surface area contributed by atoms with Gasteiger partial charge in [0.05, 0.1) is 11.4 Å². The molecule has 0 bridgehead atoms. The average molecular weight is 480 g/mol. The fourth-order valence-corrected chi connectivity index (χ4v) is 4.42. The van der Waals surface area contributed by atoms with E-state index in [9.17, 15) is 9.59 Å². The zero-order valence-electron chi connectivity index (χ0n) is 19.6. The molecule has 2 aromatic carbocycles. The second-order valence-electron chi connectivity index (χ2n) is 9.12. The molecular formula is C24H29N7O2S. The number of carbonyl (C=O) groups is 2. The van der Waals surface area contributed by atoms with Gasteiger partial charge in [0.25, 0.3) is 0 Å². The third kappa shape index (κ3) is 5.74. The Morgan fingerprint density at radius 2 is 1.62 bits per heavy atom. The van der Waals surface area contributed by atoms with Crippen molar-refractivity contribution >= 4 is 35.0 Å². The van der Waals surface area contributed by atoms with E-state index in [-0.39, 0.29) is 23.0 Å². The molecule has 1 aliphatic heterocycles. The minimum atomic E-state index is -0.353. The van der Waals surface area contributed by atoms with Crippen LogP contribution in [0.15, 0.2) is 59.8 Å². The standard InChI is InChI=1S/C24H29N7O2S/c1-24(2,3)22(33)30-15-13-29(14-16-30)19-11-9-18(10-12-19)25-21(32)17-34-23-26-27-28-31(23)20-7-5-4-6-8-20/h4-12H,13-17H2,1-3H3,(H,25,32). The van der Waals surface area contributed by atoms with Crippen LogP contribution in [0.1, 0.15) is 20.8 Å². The highest BCUT2D eigenvalue weighted by atomic mass is 32.2. The summed E-state index contributed by atoms with van der Waals surface area (Å²) in [6.07, 6.45) is 0. The summed E-state index contributed by atoms with van der Waals surface area (Å²) in [5.41, 5.74) is 2.30.